The summed E-state index contributed by atoms with van der Waals surface area (Å²) in [4.78, 5) is 2.36. The first kappa shape index (κ1) is 14.5. The molecule has 0 radical (unpaired) electrons. The van der Waals surface area contributed by atoms with Crippen molar-refractivity contribution < 1.29 is 4.39 Å². The zero-order chi connectivity index (χ0) is 14.0. The molecule has 2 unspecified atom stereocenters. The van der Waals surface area contributed by atoms with Gasteiger partial charge in [-0.15, -0.1) is 0 Å². The summed E-state index contributed by atoms with van der Waals surface area (Å²) in [6.45, 7) is 7.33. The zero-order valence-corrected chi connectivity index (χ0v) is 12.1. The van der Waals surface area contributed by atoms with Gasteiger partial charge in [-0.25, -0.2) is 4.39 Å². The average molecular weight is 264 g/mol. The molecule has 2 atom stereocenters. The van der Waals surface area contributed by atoms with E-state index in [9.17, 15) is 4.39 Å². The van der Waals surface area contributed by atoms with E-state index in [1.807, 2.05) is 19.1 Å². The van der Waals surface area contributed by atoms with Gasteiger partial charge in [-0.2, -0.15) is 0 Å². The molecule has 1 aromatic rings. The van der Waals surface area contributed by atoms with Crippen LogP contribution >= 0.6 is 0 Å². The van der Waals surface area contributed by atoms with Gasteiger partial charge < -0.3 is 5.73 Å². The lowest BCUT2D eigenvalue weighted by Crippen LogP contribution is -2.44. The normalized spacial score (nSPS) is 18.9. The minimum absolute atomic E-state index is 0.0400. The Morgan fingerprint density at radius 1 is 1.26 bits per heavy atom. The van der Waals surface area contributed by atoms with Crippen LogP contribution in [0.15, 0.2) is 24.3 Å². The van der Waals surface area contributed by atoms with E-state index in [0.29, 0.717) is 6.04 Å². The molecule has 0 heterocycles. The third kappa shape index (κ3) is 3.54. The number of nitrogens with two attached hydrogens (primary N) is 1. The second-order valence-electron chi connectivity index (χ2n) is 6.06. The molecule has 106 valence electrons. The van der Waals surface area contributed by atoms with Gasteiger partial charge >= 0.3 is 0 Å². The summed E-state index contributed by atoms with van der Waals surface area (Å²) in [5, 5.41) is 0. The summed E-state index contributed by atoms with van der Waals surface area (Å²) in [5.41, 5.74) is 6.89. The molecule has 0 saturated heterocycles. The molecule has 1 aliphatic rings. The molecule has 19 heavy (non-hydrogen) atoms. The Balaban J connectivity index is 2.28. The third-order valence-corrected chi connectivity index (χ3v) is 3.91. The Morgan fingerprint density at radius 3 is 2.37 bits per heavy atom. The van der Waals surface area contributed by atoms with E-state index in [4.69, 9.17) is 5.73 Å². The van der Waals surface area contributed by atoms with Crippen LogP contribution in [0.2, 0.25) is 0 Å². The van der Waals surface area contributed by atoms with E-state index < -0.39 is 0 Å². The predicted molar refractivity (Wildman–Crippen MR) is 77.4 cm³/mol. The summed E-state index contributed by atoms with van der Waals surface area (Å²) >= 11 is 0. The van der Waals surface area contributed by atoms with Crippen molar-refractivity contribution in [3.8, 4) is 0 Å². The van der Waals surface area contributed by atoms with Crippen LogP contribution in [0.5, 0.6) is 0 Å². The van der Waals surface area contributed by atoms with Crippen molar-refractivity contribution in [1.82, 2.24) is 4.90 Å². The van der Waals surface area contributed by atoms with Crippen molar-refractivity contribution in [2.75, 3.05) is 6.54 Å². The topological polar surface area (TPSA) is 29.3 Å². The number of hydrogen-bond acceptors (Lipinski definition) is 2. The molecule has 0 aliphatic heterocycles. The van der Waals surface area contributed by atoms with Crippen molar-refractivity contribution in [2.24, 2.45) is 11.7 Å². The predicted octanol–water partition coefficient (Wildman–Crippen LogP) is 3.33. The maximum absolute atomic E-state index is 14.1. The van der Waals surface area contributed by atoms with Crippen LogP contribution < -0.4 is 5.73 Å². The van der Waals surface area contributed by atoms with Crippen LogP contribution in [-0.2, 0) is 0 Å². The van der Waals surface area contributed by atoms with Gasteiger partial charge in [0.1, 0.15) is 5.82 Å². The maximum Gasteiger partial charge on any atom is 0.128 e. The number of halogens is 1. The minimum Gasteiger partial charge on any atom is -0.326 e. The summed E-state index contributed by atoms with van der Waals surface area (Å²) in [6.07, 6.45) is 2.60. The highest BCUT2D eigenvalue weighted by atomic mass is 19.1. The highest BCUT2D eigenvalue weighted by Gasteiger charge is 2.33. The largest absolute Gasteiger partial charge is 0.326 e. The summed E-state index contributed by atoms with van der Waals surface area (Å²) in [7, 11) is 0. The van der Waals surface area contributed by atoms with Crippen molar-refractivity contribution in [1.29, 1.82) is 0 Å². The van der Waals surface area contributed by atoms with E-state index in [-0.39, 0.29) is 17.9 Å². The first-order valence-electron chi connectivity index (χ1n) is 7.26. The summed E-state index contributed by atoms with van der Waals surface area (Å²) < 4.78 is 14.1. The molecule has 0 amide bonds. The Bertz CT molecular complexity index is 413. The van der Waals surface area contributed by atoms with Gasteiger partial charge in [0.05, 0.1) is 6.04 Å². The first-order chi connectivity index (χ1) is 9.00. The van der Waals surface area contributed by atoms with E-state index >= 15 is 0 Å². The van der Waals surface area contributed by atoms with Gasteiger partial charge in [-0.05, 0) is 45.6 Å². The SMILES string of the molecule is CC(N)C(c1ccccc1F)N(CC1CC1)C(C)C. The summed E-state index contributed by atoms with van der Waals surface area (Å²) in [5.74, 6) is 0.627. The molecule has 3 heteroatoms. The van der Waals surface area contributed by atoms with Gasteiger partial charge in [0.25, 0.3) is 0 Å². The lowest BCUT2D eigenvalue weighted by molar-refractivity contribution is 0.126. The lowest BCUT2D eigenvalue weighted by atomic mass is 9.97. The fraction of sp³-hybridized carbons (Fsp3) is 0.625. The molecule has 1 saturated carbocycles. The van der Waals surface area contributed by atoms with Crippen molar-refractivity contribution >= 4 is 0 Å². The van der Waals surface area contributed by atoms with Gasteiger partial charge in [-0.1, -0.05) is 18.2 Å². The van der Waals surface area contributed by atoms with Crippen LogP contribution in [0.4, 0.5) is 4.39 Å². The molecular weight excluding hydrogens is 239 g/mol. The molecule has 0 bridgehead atoms. The van der Waals surface area contributed by atoms with Crippen LogP contribution in [-0.4, -0.2) is 23.5 Å². The minimum atomic E-state index is -0.147. The third-order valence-electron chi connectivity index (χ3n) is 3.91. The smallest absolute Gasteiger partial charge is 0.128 e. The molecule has 2 nitrogen and oxygen atoms in total. The summed E-state index contributed by atoms with van der Waals surface area (Å²) in [6, 6.07) is 7.27. The number of nitrogens with zero attached hydrogens (tertiary/aromatic N) is 1. The van der Waals surface area contributed by atoms with Crippen LogP contribution in [0.3, 0.4) is 0 Å². The average Bonchev–Trinajstić information content (AvgIpc) is 3.14. The molecule has 2 N–H and O–H groups in total. The Hall–Kier alpha value is -0.930. The van der Waals surface area contributed by atoms with Crippen LogP contribution in [0.25, 0.3) is 0 Å². The van der Waals surface area contributed by atoms with Gasteiger partial charge in [0, 0.05) is 24.2 Å². The monoisotopic (exact) mass is 264 g/mol. The van der Waals surface area contributed by atoms with Crippen LogP contribution in [0.1, 0.15) is 45.2 Å². The number of hydrogen-bond donors (Lipinski definition) is 1. The quantitative estimate of drug-likeness (QED) is 0.854. The van der Waals surface area contributed by atoms with E-state index in [1.165, 1.54) is 18.9 Å². The second kappa shape index (κ2) is 6.02. The van der Waals surface area contributed by atoms with E-state index in [1.54, 1.807) is 6.07 Å². The molecule has 2 rings (SSSR count). The molecule has 1 aromatic carbocycles. The Kier molecular flexibility index (Phi) is 4.58. The van der Waals surface area contributed by atoms with Crippen molar-refractivity contribution in [2.45, 2.75) is 51.7 Å². The zero-order valence-electron chi connectivity index (χ0n) is 12.1. The lowest BCUT2D eigenvalue weighted by Gasteiger charge is -2.38. The van der Waals surface area contributed by atoms with Crippen molar-refractivity contribution in [3.63, 3.8) is 0 Å². The van der Waals surface area contributed by atoms with Crippen molar-refractivity contribution in [3.05, 3.63) is 35.6 Å². The second-order valence-corrected chi connectivity index (χ2v) is 6.06. The van der Waals surface area contributed by atoms with Crippen LogP contribution in [0, 0.1) is 11.7 Å². The molecule has 1 fully saturated rings. The Morgan fingerprint density at radius 2 is 1.89 bits per heavy atom. The van der Waals surface area contributed by atoms with Gasteiger partial charge in [0.2, 0.25) is 0 Å². The molecular formula is C16H25FN2. The fourth-order valence-corrected chi connectivity index (χ4v) is 2.72. The Labute approximate surface area is 115 Å². The first-order valence-corrected chi connectivity index (χ1v) is 7.26. The maximum atomic E-state index is 14.1. The standard InChI is InChI=1S/C16H25FN2/c1-11(2)19(10-13-8-9-13)16(12(3)18)14-6-4-5-7-15(14)17/h4-7,11-13,16H,8-10,18H2,1-3H3. The van der Waals surface area contributed by atoms with Gasteiger partial charge in [-0.3, -0.25) is 4.90 Å². The van der Waals surface area contributed by atoms with E-state index in [0.717, 1.165) is 18.0 Å². The highest BCUT2D eigenvalue weighted by molar-refractivity contribution is 5.23. The van der Waals surface area contributed by atoms with Gasteiger partial charge in [0.15, 0.2) is 0 Å². The number of rotatable bonds is 6. The fourth-order valence-electron chi connectivity index (χ4n) is 2.72. The number of benzene rings is 1. The highest BCUT2D eigenvalue weighted by Crippen LogP contribution is 2.35. The molecule has 0 aromatic heterocycles. The van der Waals surface area contributed by atoms with E-state index in [2.05, 4.69) is 18.7 Å². The molecule has 1 aliphatic carbocycles. The molecule has 0 spiro atoms.